The number of hydrogen-bond acceptors (Lipinski definition) is 1. The lowest BCUT2D eigenvalue weighted by molar-refractivity contribution is -0.113. The van der Waals surface area contributed by atoms with E-state index in [4.69, 9.17) is 11.6 Å². The van der Waals surface area contributed by atoms with Crippen molar-refractivity contribution in [1.82, 2.24) is 0 Å². The molecule has 0 bridgehead atoms. The summed E-state index contributed by atoms with van der Waals surface area (Å²) in [5, 5.41) is -0.563. The zero-order valence-corrected chi connectivity index (χ0v) is 8.49. The highest BCUT2D eigenvalue weighted by atomic mass is 35.5. The van der Waals surface area contributed by atoms with Crippen LogP contribution in [-0.2, 0) is 4.79 Å². The van der Waals surface area contributed by atoms with E-state index in [1.807, 2.05) is 0 Å². The zero-order valence-electron chi connectivity index (χ0n) is 7.73. The van der Waals surface area contributed by atoms with Gasteiger partial charge in [0.25, 0.3) is 0 Å². The van der Waals surface area contributed by atoms with Gasteiger partial charge in [-0.15, -0.1) is 0 Å². The number of hydrogen-bond donors (Lipinski definition) is 0. The summed E-state index contributed by atoms with van der Waals surface area (Å²) < 4.78 is 35.5. The van der Waals surface area contributed by atoms with E-state index in [9.17, 15) is 18.0 Å². The molecule has 0 aromatic heterocycles. The molecule has 0 aromatic rings. The Morgan fingerprint density at radius 1 is 1.43 bits per heavy atom. The first-order chi connectivity index (χ1) is 6.16. The van der Waals surface area contributed by atoms with Crippen LogP contribution in [-0.4, -0.2) is 11.4 Å². The highest BCUT2D eigenvalue weighted by Crippen LogP contribution is 2.60. The van der Waals surface area contributed by atoms with Crippen molar-refractivity contribution in [3.63, 3.8) is 0 Å². The fraction of sp³-hybridized carbons (Fsp3) is 0.667. The third-order valence-corrected chi connectivity index (χ3v) is 2.88. The quantitative estimate of drug-likeness (QED) is 0.522. The van der Waals surface area contributed by atoms with Gasteiger partial charge in [0.05, 0.1) is 0 Å². The summed E-state index contributed by atoms with van der Waals surface area (Å²) in [6.45, 7) is 3.45. The number of alkyl halides is 3. The molecule has 0 radical (unpaired) electrons. The van der Waals surface area contributed by atoms with Crippen LogP contribution in [0.1, 0.15) is 13.8 Å². The van der Waals surface area contributed by atoms with Crippen LogP contribution in [0.4, 0.5) is 13.2 Å². The summed E-state index contributed by atoms with van der Waals surface area (Å²) in [7, 11) is 0. The maximum atomic E-state index is 11.8. The molecule has 1 fully saturated rings. The molecule has 14 heavy (non-hydrogen) atoms. The number of rotatable bonds is 2. The topological polar surface area (TPSA) is 17.1 Å². The fourth-order valence-electron chi connectivity index (χ4n) is 1.68. The second kappa shape index (κ2) is 3.26. The monoisotopic (exact) mass is 226 g/mol. The minimum absolute atomic E-state index is 0.166. The lowest BCUT2D eigenvalue weighted by atomic mass is 10.1. The van der Waals surface area contributed by atoms with Crippen LogP contribution < -0.4 is 0 Å². The first kappa shape index (κ1) is 11.6. The van der Waals surface area contributed by atoms with Gasteiger partial charge in [-0.05, 0) is 22.9 Å². The largest absolute Gasteiger partial charge is 0.409 e. The Hall–Kier alpha value is -0.510. The van der Waals surface area contributed by atoms with Gasteiger partial charge in [-0.2, -0.15) is 13.2 Å². The van der Waals surface area contributed by atoms with Gasteiger partial charge in [0, 0.05) is 12.0 Å². The Kier molecular flexibility index (Phi) is 2.69. The summed E-state index contributed by atoms with van der Waals surface area (Å²) in [5.41, 5.74) is -0.444. The van der Waals surface area contributed by atoms with Gasteiger partial charge >= 0.3 is 6.18 Å². The van der Waals surface area contributed by atoms with E-state index in [0.29, 0.717) is 0 Å². The van der Waals surface area contributed by atoms with Crippen molar-refractivity contribution in [1.29, 1.82) is 0 Å². The number of carbonyl (C=O) groups is 1. The molecule has 0 N–H and O–H groups in total. The number of allylic oxidation sites excluding steroid dienone is 2. The molecule has 1 saturated carbocycles. The molecule has 1 nitrogen and oxygen atoms in total. The Bertz CT molecular complexity index is 280. The van der Waals surface area contributed by atoms with Gasteiger partial charge in [0.1, 0.15) is 0 Å². The number of carbonyl (C=O) groups excluding carboxylic acids is 1. The first-order valence-electron chi connectivity index (χ1n) is 4.11. The third-order valence-electron chi connectivity index (χ3n) is 2.65. The van der Waals surface area contributed by atoms with Crippen molar-refractivity contribution >= 4 is 16.8 Å². The maximum absolute atomic E-state index is 11.8. The molecule has 80 valence electrons. The number of halogens is 4. The van der Waals surface area contributed by atoms with Crippen molar-refractivity contribution in [3.8, 4) is 0 Å². The molecular weight excluding hydrogens is 217 g/mol. The Morgan fingerprint density at radius 3 is 2.21 bits per heavy atom. The van der Waals surface area contributed by atoms with E-state index in [1.165, 1.54) is 0 Å². The van der Waals surface area contributed by atoms with Crippen LogP contribution in [0.3, 0.4) is 0 Å². The minimum atomic E-state index is -4.32. The van der Waals surface area contributed by atoms with Crippen molar-refractivity contribution in [2.45, 2.75) is 20.0 Å². The standard InChI is InChI=1S/C9H10ClF3O/c1-8(2)5(6(8)7(10)14)3-4-9(11,12)13/h3-6H,1-2H3. The molecule has 2 unspecified atom stereocenters. The van der Waals surface area contributed by atoms with Crippen LogP contribution in [0.2, 0.25) is 0 Å². The summed E-state index contributed by atoms with van der Waals surface area (Å²) >= 11 is 5.25. The predicted octanol–water partition coefficient (Wildman–Crippen LogP) is 3.14. The van der Waals surface area contributed by atoms with E-state index in [2.05, 4.69) is 0 Å². The lowest BCUT2D eigenvalue weighted by Gasteiger charge is -1.98. The Morgan fingerprint density at radius 2 is 1.93 bits per heavy atom. The molecule has 1 rings (SSSR count). The summed E-state index contributed by atoms with van der Waals surface area (Å²) in [4.78, 5) is 10.8. The summed E-state index contributed by atoms with van der Waals surface area (Å²) in [5.74, 6) is -0.878. The first-order valence-corrected chi connectivity index (χ1v) is 4.49. The average Bonchev–Trinajstić information content (AvgIpc) is 2.47. The van der Waals surface area contributed by atoms with Gasteiger partial charge in [-0.1, -0.05) is 19.9 Å². The van der Waals surface area contributed by atoms with E-state index < -0.39 is 28.7 Å². The molecule has 2 atom stereocenters. The van der Waals surface area contributed by atoms with E-state index in [0.717, 1.165) is 6.08 Å². The second-order valence-corrected chi connectivity index (χ2v) is 4.40. The Balaban J connectivity index is 2.67. The molecule has 0 amide bonds. The van der Waals surface area contributed by atoms with E-state index >= 15 is 0 Å². The lowest BCUT2D eigenvalue weighted by Crippen LogP contribution is -2.01. The van der Waals surface area contributed by atoms with Crippen molar-refractivity contribution in [2.24, 2.45) is 17.3 Å². The average molecular weight is 227 g/mol. The van der Waals surface area contributed by atoms with Crippen molar-refractivity contribution in [2.75, 3.05) is 0 Å². The Labute approximate surface area is 84.9 Å². The van der Waals surface area contributed by atoms with E-state index in [1.54, 1.807) is 13.8 Å². The highest BCUT2D eigenvalue weighted by Gasteiger charge is 2.59. The fourth-order valence-corrected chi connectivity index (χ4v) is 2.10. The molecule has 0 heterocycles. The van der Waals surface area contributed by atoms with Gasteiger partial charge < -0.3 is 0 Å². The van der Waals surface area contributed by atoms with Crippen LogP contribution in [0.5, 0.6) is 0 Å². The second-order valence-electron chi connectivity index (χ2n) is 4.03. The molecule has 0 saturated heterocycles. The van der Waals surface area contributed by atoms with Crippen LogP contribution >= 0.6 is 11.6 Å². The maximum Gasteiger partial charge on any atom is 0.409 e. The van der Waals surface area contributed by atoms with Crippen LogP contribution in [0.15, 0.2) is 12.2 Å². The summed E-state index contributed by atoms with van der Waals surface area (Å²) in [6, 6.07) is 0. The zero-order chi connectivity index (χ0) is 11.1. The van der Waals surface area contributed by atoms with Gasteiger partial charge in [0.15, 0.2) is 0 Å². The SMILES string of the molecule is CC1(C)C(C=CC(F)(F)F)C1C(=O)Cl. The van der Waals surface area contributed by atoms with Gasteiger partial charge in [-0.25, -0.2) is 0 Å². The van der Waals surface area contributed by atoms with Crippen molar-refractivity contribution < 1.29 is 18.0 Å². The normalized spacial score (nSPS) is 30.7. The van der Waals surface area contributed by atoms with E-state index in [-0.39, 0.29) is 6.08 Å². The van der Waals surface area contributed by atoms with Gasteiger partial charge in [0.2, 0.25) is 5.24 Å². The third kappa shape index (κ3) is 2.29. The minimum Gasteiger partial charge on any atom is -0.281 e. The molecule has 1 aliphatic carbocycles. The molecule has 5 heteroatoms. The summed E-state index contributed by atoms with van der Waals surface area (Å²) in [6.07, 6.45) is -3.14. The molecule has 0 aromatic carbocycles. The molecular formula is C9H10ClF3O. The molecule has 0 aliphatic heterocycles. The molecule has 1 aliphatic rings. The van der Waals surface area contributed by atoms with Crippen molar-refractivity contribution in [3.05, 3.63) is 12.2 Å². The van der Waals surface area contributed by atoms with Crippen LogP contribution in [0.25, 0.3) is 0 Å². The van der Waals surface area contributed by atoms with Crippen LogP contribution in [0, 0.1) is 17.3 Å². The van der Waals surface area contributed by atoms with Gasteiger partial charge in [-0.3, -0.25) is 4.79 Å². The molecule has 0 spiro atoms. The smallest absolute Gasteiger partial charge is 0.281 e. The highest BCUT2D eigenvalue weighted by molar-refractivity contribution is 6.64. The predicted molar refractivity (Wildman–Crippen MR) is 46.8 cm³/mol.